The van der Waals surface area contributed by atoms with Crippen LogP contribution in [0.15, 0.2) is 18.2 Å². The van der Waals surface area contributed by atoms with Crippen molar-refractivity contribution in [1.82, 2.24) is 0 Å². The second kappa shape index (κ2) is 5.58. The molecular formula is C11H15FN2O2. The smallest absolute Gasteiger partial charge is 0.243 e. The number of nitrogens with one attached hydrogen (secondary N) is 1. The maximum atomic E-state index is 13.2. The lowest BCUT2D eigenvalue weighted by molar-refractivity contribution is -0.118. The molecule has 0 aromatic heterocycles. The zero-order valence-corrected chi connectivity index (χ0v) is 9.29. The predicted octanol–water partition coefficient (Wildman–Crippen LogP) is 1.05. The normalized spacial score (nSPS) is 12.2. The number of rotatable bonds is 4. The molecule has 1 atom stereocenters. The summed E-state index contributed by atoms with van der Waals surface area (Å²) in [4.78, 5) is 11.5. The topological polar surface area (TPSA) is 64.3 Å². The molecule has 1 aromatic rings. The summed E-state index contributed by atoms with van der Waals surface area (Å²) in [5.41, 5.74) is 6.35. The van der Waals surface area contributed by atoms with E-state index in [0.29, 0.717) is 11.3 Å². The van der Waals surface area contributed by atoms with E-state index in [1.54, 1.807) is 13.0 Å². The Morgan fingerprint density at radius 1 is 1.62 bits per heavy atom. The molecule has 0 saturated heterocycles. The number of amides is 1. The Bertz CT molecular complexity index is 382. The number of ether oxygens (including phenoxy) is 1. The lowest BCUT2D eigenvalue weighted by Crippen LogP contribution is -2.39. The van der Waals surface area contributed by atoms with Crippen LogP contribution < -0.4 is 11.1 Å². The first-order chi connectivity index (χ1) is 7.56. The zero-order valence-electron chi connectivity index (χ0n) is 9.29. The van der Waals surface area contributed by atoms with Gasteiger partial charge >= 0.3 is 0 Å². The minimum Gasteiger partial charge on any atom is -0.383 e. The number of hydrogen-bond acceptors (Lipinski definition) is 3. The molecule has 16 heavy (non-hydrogen) atoms. The second-order valence-corrected chi connectivity index (χ2v) is 3.46. The highest BCUT2D eigenvalue weighted by Crippen LogP contribution is 2.17. The molecule has 0 aliphatic carbocycles. The van der Waals surface area contributed by atoms with E-state index in [-0.39, 0.29) is 12.4 Å². The van der Waals surface area contributed by atoms with Gasteiger partial charge in [0.15, 0.2) is 0 Å². The van der Waals surface area contributed by atoms with Crippen molar-refractivity contribution in [1.29, 1.82) is 0 Å². The largest absolute Gasteiger partial charge is 0.383 e. The molecule has 0 saturated carbocycles. The van der Waals surface area contributed by atoms with Crippen LogP contribution >= 0.6 is 0 Å². The van der Waals surface area contributed by atoms with Crippen molar-refractivity contribution in [2.75, 3.05) is 19.0 Å². The molecule has 1 aromatic carbocycles. The summed E-state index contributed by atoms with van der Waals surface area (Å²) >= 11 is 0. The number of nitrogens with two attached hydrogens (primary N) is 1. The second-order valence-electron chi connectivity index (χ2n) is 3.46. The van der Waals surface area contributed by atoms with E-state index in [0.717, 1.165) is 0 Å². The van der Waals surface area contributed by atoms with E-state index in [1.807, 2.05) is 0 Å². The van der Waals surface area contributed by atoms with E-state index in [2.05, 4.69) is 5.32 Å². The molecule has 0 radical (unpaired) electrons. The van der Waals surface area contributed by atoms with Gasteiger partial charge in [0.05, 0.1) is 6.61 Å². The average Bonchev–Trinajstić information content (AvgIpc) is 2.25. The van der Waals surface area contributed by atoms with Crippen LogP contribution in [-0.4, -0.2) is 25.7 Å². The fourth-order valence-corrected chi connectivity index (χ4v) is 1.22. The molecule has 1 rings (SSSR count). The maximum Gasteiger partial charge on any atom is 0.243 e. The van der Waals surface area contributed by atoms with Gasteiger partial charge in [-0.25, -0.2) is 4.39 Å². The maximum absolute atomic E-state index is 13.2. The quantitative estimate of drug-likeness (QED) is 0.806. The van der Waals surface area contributed by atoms with Crippen molar-refractivity contribution in [2.45, 2.75) is 13.0 Å². The van der Waals surface area contributed by atoms with E-state index in [9.17, 15) is 9.18 Å². The molecule has 0 spiro atoms. The highest BCUT2D eigenvalue weighted by atomic mass is 19.1. The molecule has 4 nitrogen and oxygen atoms in total. The van der Waals surface area contributed by atoms with Crippen LogP contribution in [0.4, 0.5) is 10.1 Å². The van der Waals surface area contributed by atoms with Crippen molar-refractivity contribution in [2.24, 2.45) is 5.73 Å². The molecule has 88 valence electrons. The number of carbonyl (C=O) groups is 1. The van der Waals surface area contributed by atoms with Crippen molar-refractivity contribution >= 4 is 11.6 Å². The summed E-state index contributed by atoms with van der Waals surface area (Å²) in [5.74, 6) is -0.756. The summed E-state index contributed by atoms with van der Waals surface area (Å²) in [6.45, 7) is 1.72. The molecule has 3 N–H and O–H groups in total. The number of hydrogen-bond donors (Lipinski definition) is 2. The fraction of sp³-hybridized carbons (Fsp3) is 0.364. The van der Waals surface area contributed by atoms with Crippen LogP contribution in [0, 0.1) is 12.7 Å². The van der Waals surface area contributed by atoms with Gasteiger partial charge in [0.25, 0.3) is 0 Å². The third-order valence-corrected chi connectivity index (χ3v) is 2.21. The predicted molar refractivity (Wildman–Crippen MR) is 59.6 cm³/mol. The van der Waals surface area contributed by atoms with Gasteiger partial charge in [-0.3, -0.25) is 4.79 Å². The molecule has 1 amide bonds. The Hall–Kier alpha value is -1.46. The SMILES string of the molecule is COCC(N)C(=O)Nc1cccc(F)c1C. The number of halogens is 1. The number of benzene rings is 1. The molecule has 0 aliphatic heterocycles. The minimum atomic E-state index is -0.757. The van der Waals surface area contributed by atoms with Gasteiger partial charge in [-0.15, -0.1) is 0 Å². The zero-order chi connectivity index (χ0) is 12.1. The van der Waals surface area contributed by atoms with Gasteiger partial charge in [0.1, 0.15) is 11.9 Å². The third kappa shape index (κ3) is 3.01. The van der Waals surface area contributed by atoms with Gasteiger partial charge in [0, 0.05) is 18.4 Å². The van der Waals surface area contributed by atoms with Crippen LogP contribution in [-0.2, 0) is 9.53 Å². The average molecular weight is 226 g/mol. The molecule has 5 heteroatoms. The van der Waals surface area contributed by atoms with Crippen molar-refractivity contribution in [3.8, 4) is 0 Å². The fourth-order valence-electron chi connectivity index (χ4n) is 1.22. The molecule has 0 bridgehead atoms. The lowest BCUT2D eigenvalue weighted by Gasteiger charge is -2.13. The number of anilines is 1. The van der Waals surface area contributed by atoms with E-state index >= 15 is 0 Å². The highest BCUT2D eigenvalue weighted by Gasteiger charge is 2.14. The van der Waals surface area contributed by atoms with Gasteiger partial charge in [-0.05, 0) is 19.1 Å². The Morgan fingerprint density at radius 3 is 2.94 bits per heavy atom. The Morgan fingerprint density at radius 2 is 2.31 bits per heavy atom. The summed E-state index contributed by atoms with van der Waals surface area (Å²) < 4.78 is 17.9. The van der Waals surface area contributed by atoms with Crippen LogP contribution in [0.2, 0.25) is 0 Å². The van der Waals surface area contributed by atoms with Crippen molar-refractivity contribution in [3.05, 3.63) is 29.6 Å². The van der Waals surface area contributed by atoms with Crippen LogP contribution in [0.25, 0.3) is 0 Å². The number of methoxy groups -OCH3 is 1. The summed E-state index contributed by atoms with van der Waals surface area (Å²) in [6, 6.07) is 3.73. The van der Waals surface area contributed by atoms with Crippen molar-refractivity contribution in [3.63, 3.8) is 0 Å². The number of carbonyl (C=O) groups excluding carboxylic acids is 1. The van der Waals surface area contributed by atoms with E-state index in [1.165, 1.54) is 19.2 Å². The Balaban J connectivity index is 2.73. The molecule has 0 heterocycles. The van der Waals surface area contributed by atoms with E-state index in [4.69, 9.17) is 10.5 Å². The molecular weight excluding hydrogens is 211 g/mol. The monoisotopic (exact) mass is 226 g/mol. The first-order valence-corrected chi connectivity index (χ1v) is 4.86. The third-order valence-electron chi connectivity index (χ3n) is 2.21. The van der Waals surface area contributed by atoms with Gasteiger partial charge in [-0.1, -0.05) is 6.07 Å². The Kier molecular flexibility index (Phi) is 4.39. The minimum absolute atomic E-state index is 0.125. The van der Waals surface area contributed by atoms with Crippen LogP contribution in [0.3, 0.4) is 0 Å². The first-order valence-electron chi connectivity index (χ1n) is 4.86. The van der Waals surface area contributed by atoms with Gasteiger partial charge in [0.2, 0.25) is 5.91 Å². The molecule has 0 fully saturated rings. The first kappa shape index (κ1) is 12.6. The standard InChI is InChI=1S/C11H15FN2O2/c1-7-8(12)4-3-5-10(7)14-11(15)9(13)6-16-2/h3-5,9H,6,13H2,1-2H3,(H,14,15). The summed E-state index contributed by atoms with van der Waals surface area (Å²) in [6.07, 6.45) is 0. The van der Waals surface area contributed by atoms with Crippen LogP contribution in [0.1, 0.15) is 5.56 Å². The summed E-state index contributed by atoms with van der Waals surface area (Å²) in [5, 5.41) is 2.55. The van der Waals surface area contributed by atoms with E-state index < -0.39 is 11.9 Å². The van der Waals surface area contributed by atoms with Crippen LogP contribution in [0.5, 0.6) is 0 Å². The highest BCUT2D eigenvalue weighted by molar-refractivity contribution is 5.95. The molecule has 0 aliphatic rings. The van der Waals surface area contributed by atoms with Gasteiger partial charge < -0.3 is 15.8 Å². The van der Waals surface area contributed by atoms with Crippen molar-refractivity contribution < 1.29 is 13.9 Å². The molecule has 1 unspecified atom stereocenters. The Labute approximate surface area is 93.6 Å². The lowest BCUT2D eigenvalue weighted by atomic mass is 10.2. The summed E-state index contributed by atoms with van der Waals surface area (Å²) in [7, 11) is 1.46. The van der Waals surface area contributed by atoms with Gasteiger partial charge in [-0.2, -0.15) is 0 Å².